The number of nitro groups is 1. The highest BCUT2D eigenvalue weighted by atomic mass is 32.1. The Morgan fingerprint density at radius 3 is 2.67 bits per heavy atom. The minimum atomic E-state index is -0.301. The SMILES string of the molecule is CCNc1cccc(N(CC)Cc2cccs2)c1[N+](=O)[O-]. The molecule has 5 nitrogen and oxygen atoms in total. The van der Waals surface area contributed by atoms with E-state index in [1.54, 1.807) is 17.4 Å². The fourth-order valence-electron chi connectivity index (χ4n) is 2.27. The number of rotatable bonds is 7. The van der Waals surface area contributed by atoms with E-state index in [2.05, 4.69) is 5.32 Å². The number of thiophene rings is 1. The second-order valence-electron chi connectivity index (χ2n) is 4.55. The molecule has 2 rings (SSSR count). The summed E-state index contributed by atoms with van der Waals surface area (Å²) >= 11 is 1.66. The molecule has 0 atom stereocenters. The molecule has 0 fully saturated rings. The van der Waals surface area contributed by atoms with Crippen LogP contribution in [0.1, 0.15) is 18.7 Å². The molecule has 1 aromatic carbocycles. The first-order valence-electron chi connectivity index (χ1n) is 6.96. The molecule has 0 aliphatic rings. The lowest BCUT2D eigenvalue weighted by Crippen LogP contribution is -2.22. The number of hydrogen-bond acceptors (Lipinski definition) is 5. The highest BCUT2D eigenvalue weighted by molar-refractivity contribution is 7.09. The summed E-state index contributed by atoms with van der Waals surface area (Å²) in [5, 5.41) is 16.6. The van der Waals surface area contributed by atoms with Gasteiger partial charge in [-0.05, 0) is 37.4 Å². The molecule has 0 amide bonds. The quantitative estimate of drug-likeness (QED) is 0.617. The van der Waals surface area contributed by atoms with E-state index in [0.29, 0.717) is 31.0 Å². The van der Waals surface area contributed by atoms with Gasteiger partial charge < -0.3 is 10.2 Å². The van der Waals surface area contributed by atoms with Crippen LogP contribution in [0, 0.1) is 10.1 Å². The molecule has 0 saturated heterocycles. The van der Waals surface area contributed by atoms with E-state index in [1.807, 2.05) is 48.4 Å². The average Bonchev–Trinajstić information content (AvgIpc) is 2.97. The van der Waals surface area contributed by atoms with E-state index >= 15 is 0 Å². The fourth-order valence-corrected chi connectivity index (χ4v) is 2.99. The van der Waals surface area contributed by atoms with Gasteiger partial charge >= 0.3 is 5.69 Å². The van der Waals surface area contributed by atoms with E-state index in [9.17, 15) is 10.1 Å². The first-order valence-corrected chi connectivity index (χ1v) is 7.83. The molecule has 112 valence electrons. The van der Waals surface area contributed by atoms with Gasteiger partial charge in [-0.1, -0.05) is 12.1 Å². The molecule has 0 spiro atoms. The van der Waals surface area contributed by atoms with Gasteiger partial charge in [0.15, 0.2) is 0 Å². The number of para-hydroxylation sites is 1. The first kappa shape index (κ1) is 15.3. The van der Waals surface area contributed by atoms with Crippen LogP contribution in [0.3, 0.4) is 0 Å². The second kappa shape index (κ2) is 7.08. The van der Waals surface area contributed by atoms with Crippen molar-refractivity contribution in [1.82, 2.24) is 0 Å². The zero-order valence-electron chi connectivity index (χ0n) is 12.2. The van der Waals surface area contributed by atoms with Crippen molar-refractivity contribution in [3.8, 4) is 0 Å². The van der Waals surface area contributed by atoms with Crippen molar-refractivity contribution in [3.63, 3.8) is 0 Å². The number of nitrogens with one attached hydrogen (secondary N) is 1. The van der Waals surface area contributed by atoms with Crippen LogP contribution in [0.5, 0.6) is 0 Å². The Labute approximate surface area is 128 Å². The molecule has 2 aromatic rings. The van der Waals surface area contributed by atoms with Crippen LogP contribution < -0.4 is 10.2 Å². The van der Waals surface area contributed by atoms with Gasteiger partial charge in [0, 0.05) is 18.0 Å². The molecule has 21 heavy (non-hydrogen) atoms. The molecule has 1 aromatic heterocycles. The largest absolute Gasteiger partial charge is 0.380 e. The molecular formula is C15H19N3O2S. The Kier molecular flexibility index (Phi) is 5.16. The molecule has 6 heteroatoms. The summed E-state index contributed by atoms with van der Waals surface area (Å²) in [5.41, 5.74) is 1.39. The minimum Gasteiger partial charge on any atom is -0.380 e. The highest BCUT2D eigenvalue weighted by Gasteiger charge is 2.23. The maximum absolute atomic E-state index is 11.5. The zero-order chi connectivity index (χ0) is 15.2. The van der Waals surface area contributed by atoms with Crippen LogP contribution in [-0.2, 0) is 6.54 Å². The van der Waals surface area contributed by atoms with Gasteiger partial charge in [-0.3, -0.25) is 10.1 Å². The third-order valence-corrected chi connectivity index (χ3v) is 4.07. The van der Waals surface area contributed by atoms with Crippen molar-refractivity contribution in [1.29, 1.82) is 0 Å². The van der Waals surface area contributed by atoms with Crippen molar-refractivity contribution in [2.45, 2.75) is 20.4 Å². The summed E-state index contributed by atoms with van der Waals surface area (Å²) in [6, 6.07) is 9.47. The van der Waals surface area contributed by atoms with E-state index in [4.69, 9.17) is 0 Å². The van der Waals surface area contributed by atoms with Gasteiger partial charge in [-0.2, -0.15) is 0 Å². The number of nitro benzene ring substituents is 1. The van der Waals surface area contributed by atoms with Crippen LogP contribution >= 0.6 is 11.3 Å². The van der Waals surface area contributed by atoms with Crippen LogP contribution in [0.2, 0.25) is 0 Å². The van der Waals surface area contributed by atoms with Crippen LogP contribution in [0.4, 0.5) is 17.1 Å². The lowest BCUT2D eigenvalue weighted by molar-refractivity contribution is -0.383. The van der Waals surface area contributed by atoms with Crippen molar-refractivity contribution >= 4 is 28.4 Å². The lowest BCUT2D eigenvalue weighted by atomic mass is 10.2. The van der Waals surface area contributed by atoms with Gasteiger partial charge in [0.25, 0.3) is 0 Å². The van der Waals surface area contributed by atoms with Gasteiger partial charge in [0.2, 0.25) is 0 Å². The molecule has 0 aliphatic heterocycles. The Bertz CT molecular complexity index is 599. The minimum absolute atomic E-state index is 0.151. The summed E-state index contributed by atoms with van der Waals surface area (Å²) in [6.07, 6.45) is 0. The average molecular weight is 305 g/mol. The summed E-state index contributed by atoms with van der Waals surface area (Å²) < 4.78 is 0. The van der Waals surface area contributed by atoms with Gasteiger partial charge in [-0.15, -0.1) is 11.3 Å². The second-order valence-corrected chi connectivity index (χ2v) is 5.59. The summed E-state index contributed by atoms with van der Waals surface area (Å²) in [7, 11) is 0. The zero-order valence-corrected chi connectivity index (χ0v) is 13.0. The Hall–Kier alpha value is -2.08. The predicted octanol–water partition coefficient (Wildman–Crippen LogP) is 4.11. The van der Waals surface area contributed by atoms with E-state index in [-0.39, 0.29) is 10.6 Å². The molecule has 0 aliphatic carbocycles. The van der Waals surface area contributed by atoms with Crippen LogP contribution in [0.15, 0.2) is 35.7 Å². The molecule has 0 radical (unpaired) electrons. The van der Waals surface area contributed by atoms with Crippen molar-refractivity contribution in [3.05, 3.63) is 50.7 Å². The molecule has 0 saturated carbocycles. The molecule has 0 bridgehead atoms. The topological polar surface area (TPSA) is 58.4 Å². The van der Waals surface area contributed by atoms with E-state index in [0.717, 1.165) is 0 Å². The number of benzene rings is 1. The molecular weight excluding hydrogens is 286 g/mol. The Morgan fingerprint density at radius 1 is 1.29 bits per heavy atom. The maximum atomic E-state index is 11.5. The monoisotopic (exact) mass is 305 g/mol. The van der Waals surface area contributed by atoms with Crippen molar-refractivity contribution < 1.29 is 4.92 Å². The van der Waals surface area contributed by atoms with Crippen molar-refractivity contribution in [2.24, 2.45) is 0 Å². The van der Waals surface area contributed by atoms with Gasteiger partial charge in [0.1, 0.15) is 11.4 Å². The Balaban J connectivity index is 2.40. The molecule has 0 unspecified atom stereocenters. The fraction of sp³-hybridized carbons (Fsp3) is 0.333. The lowest BCUT2D eigenvalue weighted by Gasteiger charge is -2.23. The van der Waals surface area contributed by atoms with Gasteiger partial charge in [-0.25, -0.2) is 0 Å². The molecule has 1 N–H and O–H groups in total. The third kappa shape index (κ3) is 3.52. The highest BCUT2D eigenvalue weighted by Crippen LogP contribution is 2.36. The van der Waals surface area contributed by atoms with Crippen LogP contribution in [-0.4, -0.2) is 18.0 Å². The smallest absolute Gasteiger partial charge is 0.315 e. The normalized spacial score (nSPS) is 10.4. The van der Waals surface area contributed by atoms with E-state index < -0.39 is 0 Å². The first-order chi connectivity index (χ1) is 10.2. The van der Waals surface area contributed by atoms with Crippen LogP contribution in [0.25, 0.3) is 0 Å². The summed E-state index contributed by atoms with van der Waals surface area (Å²) in [6.45, 7) is 6.00. The standard InChI is InChI=1S/C15H19N3O2S/c1-3-16-13-8-5-9-14(15(13)18(19)20)17(4-2)11-12-7-6-10-21-12/h5-10,16H,3-4,11H2,1-2H3. The number of hydrogen-bond donors (Lipinski definition) is 1. The van der Waals surface area contributed by atoms with Gasteiger partial charge in [0.05, 0.1) is 11.5 Å². The molecule has 1 heterocycles. The number of anilines is 2. The number of nitrogens with zero attached hydrogens (tertiary/aromatic N) is 2. The predicted molar refractivity (Wildman–Crippen MR) is 88.3 cm³/mol. The maximum Gasteiger partial charge on any atom is 0.315 e. The summed E-state index contributed by atoms with van der Waals surface area (Å²) in [4.78, 5) is 14.4. The van der Waals surface area contributed by atoms with Crippen molar-refractivity contribution in [2.75, 3.05) is 23.3 Å². The third-order valence-electron chi connectivity index (χ3n) is 3.21. The Morgan fingerprint density at radius 2 is 2.10 bits per heavy atom. The van der Waals surface area contributed by atoms with E-state index in [1.165, 1.54) is 4.88 Å². The summed E-state index contributed by atoms with van der Waals surface area (Å²) in [5.74, 6) is 0.